The number of carbonyl (C=O) groups is 1. The van der Waals surface area contributed by atoms with Crippen molar-refractivity contribution in [2.45, 2.75) is 51.2 Å². The molecule has 1 aliphatic carbocycles. The minimum atomic E-state index is -0.183. The minimum Gasteiger partial charge on any atom is -0.466 e. The number of furan rings is 1. The molecule has 0 aliphatic heterocycles. The first kappa shape index (κ1) is 13.1. The Balaban J connectivity index is 1.88. The molecule has 0 bridgehead atoms. The van der Waals surface area contributed by atoms with Gasteiger partial charge in [0.2, 0.25) is 5.91 Å². The number of likely N-dealkylation sites (N-methyl/N-ethyl adjacent to an activating group) is 1. The Morgan fingerprint density at radius 1 is 1.39 bits per heavy atom. The minimum absolute atomic E-state index is 0.0886. The van der Waals surface area contributed by atoms with E-state index in [0.717, 1.165) is 37.2 Å². The van der Waals surface area contributed by atoms with Crippen molar-refractivity contribution >= 4 is 5.91 Å². The third-order valence-electron chi connectivity index (χ3n) is 3.73. The summed E-state index contributed by atoms with van der Waals surface area (Å²) in [4.78, 5) is 13.9. The molecule has 0 atom stereocenters. The lowest BCUT2D eigenvalue weighted by molar-refractivity contribution is -0.132. The van der Waals surface area contributed by atoms with Crippen molar-refractivity contribution in [2.75, 3.05) is 7.05 Å². The number of aliphatic hydroxyl groups is 1. The Hall–Kier alpha value is -1.29. The van der Waals surface area contributed by atoms with Crippen LogP contribution >= 0.6 is 0 Å². The standard InChI is InChI=1S/C14H21NO3/c1-10-3-8-13(18-10)9-14(17)15(2)11-4-6-12(16)7-5-11/h3,8,11-12,16H,4-7,9H2,1-2H3. The summed E-state index contributed by atoms with van der Waals surface area (Å²) in [6.07, 6.45) is 3.51. The van der Waals surface area contributed by atoms with Crippen LogP contribution in [-0.2, 0) is 11.2 Å². The fraction of sp³-hybridized carbons (Fsp3) is 0.643. The molecule has 2 rings (SSSR count). The molecular formula is C14H21NO3. The van der Waals surface area contributed by atoms with Crippen molar-refractivity contribution in [3.05, 3.63) is 23.7 Å². The number of hydrogen-bond acceptors (Lipinski definition) is 3. The van der Waals surface area contributed by atoms with Crippen molar-refractivity contribution < 1.29 is 14.3 Å². The van der Waals surface area contributed by atoms with Crippen LogP contribution in [0, 0.1) is 6.92 Å². The SMILES string of the molecule is Cc1ccc(CC(=O)N(C)C2CCC(O)CC2)o1. The second kappa shape index (κ2) is 5.57. The van der Waals surface area contributed by atoms with E-state index in [0.29, 0.717) is 6.42 Å². The molecule has 1 aromatic rings. The van der Waals surface area contributed by atoms with E-state index >= 15 is 0 Å². The molecule has 4 nitrogen and oxygen atoms in total. The summed E-state index contributed by atoms with van der Waals surface area (Å²) < 4.78 is 5.42. The maximum atomic E-state index is 12.1. The number of rotatable bonds is 3. The van der Waals surface area contributed by atoms with Crippen molar-refractivity contribution in [1.29, 1.82) is 0 Å². The van der Waals surface area contributed by atoms with Crippen LogP contribution in [-0.4, -0.2) is 35.1 Å². The predicted octanol–water partition coefficient (Wildman–Crippen LogP) is 1.89. The molecule has 0 saturated heterocycles. The number of hydrogen-bond donors (Lipinski definition) is 1. The largest absolute Gasteiger partial charge is 0.466 e. The van der Waals surface area contributed by atoms with E-state index in [9.17, 15) is 9.90 Å². The van der Waals surface area contributed by atoms with E-state index in [1.54, 1.807) is 0 Å². The second-order valence-electron chi connectivity index (χ2n) is 5.16. The number of aliphatic hydroxyl groups excluding tert-OH is 1. The molecule has 4 heteroatoms. The zero-order chi connectivity index (χ0) is 13.1. The number of aryl methyl sites for hydroxylation is 1. The molecule has 1 amide bonds. The third kappa shape index (κ3) is 3.13. The molecule has 1 aromatic heterocycles. The highest BCUT2D eigenvalue weighted by Gasteiger charge is 2.25. The van der Waals surface area contributed by atoms with Gasteiger partial charge in [0.05, 0.1) is 12.5 Å². The topological polar surface area (TPSA) is 53.7 Å². The average Bonchev–Trinajstić information content (AvgIpc) is 2.75. The van der Waals surface area contributed by atoms with Crippen LogP contribution in [0.25, 0.3) is 0 Å². The van der Waals surface area contributed by atoms with E-state index < -0.39 is 0 Å². The number of nitrogens with zero attached hydrogens (tertiary/aromatic N) is 1. The lowest BCUT2D eigenvalue weighted by Crippen LogP contribution is -2.40. The highest BCUT2D eigenvalue weighted by molar-refractivity contribution is 5.78. The Kier molecular flexibility index (Phi) is 4.07. The van der Waals surface area contributed by atoms with Gasteiger partial charge in [0.1, 0.15) is 11.5 Å². The van der Waals surface area contributed by atoms with Gasteiger partial charge in [-0.3, -0.25) is 4.79 Å². The van der Waals surface area contributed by atoms with Gasteiger partial charge >= 0.3 is 0 Å². The van der Waals surface area contributed by atoms with Crippen LogP contribution in [0.3, 0.4) is 0 Å². The highest BCUT2D eigenvalue weighted by atomic mass is 16.3. The number of carbonyl (C=O) groups excluding carboxylic acids is 1. The Bertz CT molecular complexity index is 405. The van der Waals surface area contributed by atoms with Gasteiger partial charge in [-0.1, -0.05) is 0 Å². The molecule has 1 heterocycles. The molecule has 1 aliphatic rings. The molecule has 100 valence electrons. The van der Waals surface area contributed by atoms with Gasteiger partial charge in [0.25, 0.3) is 0 Å². The zero-order valence-electron chi connectivity index (χ0n) is 11.1. The van der Waals surface area contributed by atoms with Gasteiger partial charge in [0, 0.05) is 13.1 Å². The Labute approximate surface area is 108 Å². The molecule has 1 saturated carbocycles. The fourth-order valence-electron chi connectivity index (χ4n) is 2.50. The molecule has 1 N–H and O–H groups in total. The van der Waals surface area contributed by atoms with Gasteiger partial charge in [-0.15, -0.1) is 0 Å². The van der Waals surface area contributed by atoms with Crippen molar-refractivity contribution in [2.24, 2.45) is 0 Å². The van der Waals surface area contributed by atoms with Gasteiger partial charge in [-0.05, 0) is 44.7 Å². The smallest absolute Gasteiger partial charge is 0.230 e. The Morgan fingerprint density at radius 3 is 2.61 bits per heavy atom. The predicted molar refractivity (Wildman–Crippen MR) is 68.2 cm³/mol. The zero-order valence-corrected chi connectivity index (χ0v) is 11.1. The van der Waals surface area contributed by atoms with Gasteiger partial charge in [-0.25, -0.2) is 0 Å². The summed E-state index contributed by atoms with van der Waals surface area (Å²) in [5.74, 6) is 1.65. The van der Waals surface area contributed by atoms with E-state index in [2.05, 4.69) is 0 Å². The second-order valence-corrected chi connectivity index (χ2v) is 5.16. The molecular weight excluding hydrogens is 230 g/mol. The summed E-state index contributed by atoms with van der Waals surface area (Å²) in [6, 6.07) is 3.99. The van der Waals surface area contributed by atoms with Crippen molar-refractivity contribution in [1.82, 2.24) is 4.90 Å². The van der Waals surface area contributed by atoms with Gasteiger partial charge in [0.15, 0.2) is 0 Å². The normalized spacial score (nSPS) is 23.9. The van der Waals surface area contributed by atoms with Crippen LogP contribution < -0.4 is 0 Å². The average molecular weight is 251 g/mol. The molecule has 18 heavy (non-hydrogen) atoms. The highest BCUT2D eigenvalue weighted by Crippen LogP contribution is 2.22. The Morgan fingerprint density at radius 2 is 2.06 bits per heavy atom. The van der Waals surface area contributed by atoms with E-state index in [-0.39, 0.29) is 18.1 Å². The van der Waals surface area contributed by atoms with E-state index in [4.69, 9.17) is 4.42 Å². The summed E-state index contributed by atoms with van der Waals surface area (Å²) >= 11 is 0. The maximum absolute atomic E-state index is 12.1. The van der Waals surface area contributed by atoms with Gasteiger partial charge < -0.3 is 14.4 Å². The lowest BCUT2D eigenvalue weighted by atomic mass is 9.92. The summed E-state index contributed by atoms with van der Waals surface area (Å²) in [5, 5.41) is 9.47. The lowest BCUT2D eigenvalue weighted by Gasteiger charge is -2.33. The van der Waals surface area contributed by atoms with E-state index in [1.165, 1.54) is 0 Å². The number of amides is 1. The van der Waals surface area contributed by atoms with Crippen LogP contribution in [0.5, 0.6) is 0 Å². The molecule has 0 aromatic carbocycles. The van der Waals surface area contributed by atoms with Crippen LogP contribution in [0.15, 0.2) is 16.5 Å². The van der Waals surface area contributed by atoms with Crippen molar-refractivity contribution in [3.63, 3.8) is 0 Å². The van der Waals surface area contributed by atoms with Crippen LogP contribution in [0.2, 0.25) is 0 Å². The monoisotopic (exact) mass is 251 g/mol. The quantitative estimate of drug-likeness (QED) is 0.892. The van der Waals surface area contributed by atoms with Crippen molar-refractivity contribution in [3.8, 4) is 0 Å². The summed E-state index contributed by atoms with van der Waals surface area (Å²) in [5.41, 5.74) is 0. The fourth-order valence-corrected chi connectivity index (χ4v) is 2.50. The first-order valence-electron chi connectivity index (χ1n) is 6.55. The molecule has 0 spiro atoms. The molecule has 1 fully saturated rings. The van der Waals surface area contributed by atoms with Gasteiger partial charge in [-0.2, -0.15) is 0 Å². The first-order chi connectivity index (χ1) is 8.56. The van der Waals surface area contributed by atoms with Crippen LogP contribution in [0.4, 0.5) is 0 Å². The molecule has 0 unspecified atom stereocenters. The summed E-state index contributed by atoms with van der Waals surface area (Å²) in [6.45, 7) is 1.88. The first-order valence-corrected chi connectivity index (χ1v) is 6.55. The maximum Gasteiger partial charge on any atom is 0.230 e. The summed E-state index contributed by atoms with van der Waals surface area (Å²) in [7, 11) is 1.85. The van der Waals surface area contributed by atoms with E-state index in [1.807, 2.05) is 31.0 Å². The molecule has 0 radical (unpaired) electrons. The third-order valence-corrected chi connectivity index (χ3v) is 3.73. The van der Waals surface area contributed by atoms with Crippen LogP contribution in [0.1, 0.15) is 37.2 Å².